The van der Waals surface area contributed by atoms with Crippen LogP contribution in [0.3, 0.4) is 0 Å². The van der Waals surface area contributed by atoms with Crippen LogP contribution in [0.25, 0.3) is 0 Å². The lowest BCUT2D eigenvalue weighted by Gasteiger charge is -2.27. The second-order valence-corrected chi connectivity index (χ2v) is 5.43. The summed E-state index contributed by atoms with van der Waals surface area (Å²) in [4.78, 5) is 2.36. The molecule has 0 fully saturated rings. The van der Waals surface area contributed by atoms with E-state index < -0.39 is 0 Å². The molecule has 0 amide bonds. The topological polar surface area (TPSA) is 29.3 Å². The predicted molar refractivity (Wildman–Crippen MR) is 78.6 cm³/mol. The van der Waals surface area contributed by atoms with Crippen LogP contribution in [0.15, 0.2) is 42.5 Å². The minimum absolute atomic E-state index is 0.140. The van der Waals surface area contributed by atoms with E-state index in [4.69, 9.17) is 5.73 Å². The highest BCUT2D eigenvalue weighted by molar-refractivity contribution is 5.32. The highest BCUT2D eigenvalue weighted by Gasteiger charge is 2.26. The van der Waals surface area contributed by atoms with Crippen molar-refractivity contribution in [2.24, 2.45) is 5.73 Å². The number of nitrogens with two attached hydrogens (primary N) is 1. The number of halogens is 1. The van der Waals surface area contributed by atoms with Gasteiger partial charge in [0, 0.05) is 25.7 Å². The van der Waals surface area contributed by atoms with Crippen LogP contribution >= 0.6 is 0 Å². The van der Waals surface area contributed by atoms with E-state index in [-0.39, 0.29) is 11.9 Å². The highest BCUT2D eigenvalue weighted by atomic mass is 19.1. The van der Waals surface area contributed by atoms with E-state index in [1.807, 2.05) is 12.1 Å². The average Bonchev–Trinajstić information content (AvgIpc) is 2.87. The Labute approximate surface area is 119 Å². The van der Waals surface area contributed by atoms with Gasteiger partial charge in [0.15, 0.2) is 0 Å². The minimum atomic E-state index is -0.158. The van der Waals surface area contributed by atoms with Crippen molar-refractivity contribution in [1.29, 1.82) is 0 Å². The Balaban J connectivity index is 1.87. The molecule has 1 aliphatic heterocycles. The Morgan fingerprint density at radius 3 is 2.35 bits per heavy atom. The Kier molecular flexibility index (Phi) is 3.55. The standard InChI is InChI=1S/C17H19FN2/c1-12-8-13(6-7-16(12)18)17(9-19)20-10-14-4-2-3-5-15(14)11-20/h2-8,17H,9-11,19H2,1H3. The molecule has 2 aromatic carbocycles. The fraction of sp³-hybridized carbons (Fsp3) is 0.294. The first-order chi connectivity index (χ1) is 9.69. The van der Waals surface area contributed by atoms with E-state index in [0.717, 1.165) is 18.7 Å². The molecule has 2 aromatic rings. The Morgan fingerprint density at radius 1 is 1.15 bits per heavy atom. The lowest BCUT2D eigenvalue weighted by Crippen LogP contribution is -2.29. The van der Waals surface area contributed by atoms with Gasteiger partial charge in [-0.3, -0.25) is 4.90 Å². The molecule has 0 aromatic heterocycles. The summed E-state index contributed by atoms with van der Waals surface area (Å²) >= 11 is 0. The van der Waals surface area contributed by atoms with Gasteiger partial charge in [-0.05, 0) is 35.2 Å². The number of benzene rings is 2. The van der Waals surface area contributed by atoms with Crippen LogP contribution in [0, 0.1) is 12.7 Å². The fourth-order valence-electron chi connectivity index (χ4n) is 2.95. The lowest BCUT2D eigenvalue weighted by atomic mass is 10.0. The molecule has 1 heterocycles. The molecule has 3 heteroatoms. The number of nitrogens with zero attached hydrogens (tertiary/aromatic N) is 1. The zero-order chi connectivity index (χ0) is 14.1. The van der Waals surface area contributed by atoms with Gasteiger partial charge in [-0.15, -0.1) is 0 Å². The molecule has 0 spiro atoms. The molecule has 104 valence electrons. The van der Waals surface area contributed by atoms with E-state index in [1.54, 1.807) is 6.92 Å². The van der Waals surface area contributed by atoms with E-state index >= 15 is 0 Å². The summed E-state index contributed by atoms with van der Waals surface area (Å²) in [5.41, 5.74) is 10.5. The fourth-order valence-corrected chi connectivity index (χ4v) is 2.95. The molecule has 0 saturated carbocycles. The summed E-state index contributed by atoms with van der Waals surface area (Å²) < 4.78 is 13.4. The second kappa shape index (κ2) is 5.35. The maximum atomic E-state index is 13.4. The van der Waals surface area contributed by atoms with E-state index in [0.29, 0.717) is 12.1 Å². The van der Waals surface area contributed by atoms with Crippen molar-refractivity contribution in [3.63, 3.8) is 0 Å². The van der Waals surface area contributed by atoms with Gasteiger partial charge in [-0.2, -0.15) is 0 Å². The molecule has 3 rings (SSSR count). The summed E-state index contributed by atoms with van der Waals surface area (Å²) in [5, 5.41) is 0. The molecule has 0 saturated heterocycles. The molecule has 2 nitrogen and oxygen atoms in total. The zero-order valence-electron chi connectivity index (χ0n) is 11.6. The van der Waals surface area contributed by atoms with Crippen LogP contribution < -0.4 is 5.73 Å². The molecular formula is C17H19FN2. The number of hydrogen-bond donors (Lipinski definition) is 1. The molecule has 1 unspecified atom stereocenters. The molecule has 2 N–H and O–H groups in total. The molecule has 1 atom stereocenters. The smallest absolute Gasteiger partial charge is 0.126 e. The van der Waals surface area contributed by atoms with Gasteiger partial charge in [0.1, 0.15) is 5.82 Å². The van der Waals surface area contributed by atoms with Gasteiger partial charge in [-0.25, -0.2) is 4.39 Å². The molecule has 1 aliphatic rings. The highest BCUT2D eigenvalue weighted by Crippen LogP contribution is 2.31. The van der Waals surface area contributed by atoms with Crippen molar-refractivity contribution in [2.75, 3.05) is 6.54 Å². The van der Waals surface area contributed by atoms with Gasteiger partial charge in [0.2, 0.25) is 0 Å². The first kappa shape index (κ1) is 13.3. The van der Waals surface area contributed by atoms with E-state index in [1.165, 1.54) is 17.2 Å². The van der Waals surface area contributed by atoms with Crippen LogP contribution in [0.1, 0.15) is 28.3 Å². The van der Waals surface area contributed by atoms with Crippen molar-refractivity contribution in [1.82, 2.24) is 4.90 Å². The van der Waals surface area contributed by atoms with Crippen molar-refractivity contribution in [2.45, 2.75) is 26.1 Å². The first-order valence-corrected chi connectivity index (χ1v) is 6.96. The molecule has 20 heavy (non-hydrogen) atoms. The van der Waals surface area contributed by atoms with Gasteiger partial charge in [-0.1, -0.05) is 36.4 Å². The van der Waals surface area contributed by atoms with Crippen LogP contribution in [-0.4, -0.2) is 11.4 Å². The number of hydrogen-bond acceptors (Lipinski definition) is 2. The van der Waals surface area contributed by atoms with Gasteiger partial charge in [0.05, 0.1) is 0 Å². The van der Waals surface area contributed by atoms with Crippen LogP contribution in [0.5, 0.6) is 0 Å². The summed E-state index contributed by atoms with van der Waals surface area (Å²) in [7, 11) is 0. The molecule has 0 bridgehead atoms. The third kappa shape index (κ3) is 2.35. The summed E-state index contributed by atoms with van der Waals surface area (Å²) in [6.07, 6.45) is 0. The van der Waals surface area contributed by atoms with Gasteiger partial charge < -0.3 is 5.73 Å². The number of fused-ring (bicyclic) bond motifs is 1. The van der Waals surface area contributed by atoms with Crippen molar-refractivity contribution >= 4 is 0 Å². The maximum absolute atomic E-state index is 13.4. The maximum Gasteiger partial charge on any atom is 0.126 e. The minimum Gasteiger partial charge on any atom is -0.329 e. The normalized spacial score (nSPS) is 16.1. The number of aryl methyl sites for hydroxylation is 1. The Bertz CT molecular complexity index is 599. The van der Waals surface area contributed by atoms with Gasteiger partial charge >= 0.3 is 0 Å². The Hall–Kier alpha value is -1.71. The monoisotopic (exact) mass is 270 g/mol. The largest absolute Gasteiger partial charge is 0.329 e. The van der Waals surface area contributed by atoms with Crippen molar-refractivity contribution in [3.8, 4) is 0 Å². The molecular weight excluding hydrogens is 251 g/mol. The average molecular weight is 270 g/mol. The third-order valence-electron chi connectivity index (χ3n) is 4.10. The summed E-state index contributed by atoms with van der Waals surface area (Å²) in [6, 6.07) is 13.9. The molecule has 0 aliphatic carbocycles. The number of rotatable bonds is 3. The second-order valence-electron chi connectivity index (χ2n) is 5.43. The van der Waals surface area contributed by atoms with Crippen LogP contribution in [0.2, 0.25) is 0 Å². The predicted octanol–water partition coefficient (Wildman–Crippen LogP) is 3.15. The zero-order valence-corrected chi connectivity index (χ0v) is 11.6. The first-order valence-electron chi connectivity index (χ1n) is 6.96. The van der Waals surface area contributed by atoms with Crippen molar-refractivity contribution in [3.05, 3.63) is 70.5 Å². The van der Waals surface area contributed by atoms with Gasteiger partial charge in [0.25, 0.3) is 0 Å². The summed E-state index contributed by atoms with van der Waals surface area (Å²) in [5.74, 6) is -0.158. The van der Waals surface area contributed by atoms with Crippen molar-refractivity contribution < 1.29 is 4.39 Å². The lowest BCUT2D eigenvalue weighted by molar-refractivity contribution is 0.205. The third-order valence-corrected chi connectivity index (χ3v) is 4.10. The molecule has 0 radical (unpaired) electrons. The van der Waals surface area contributed by atoms with Crippen LogP contribution in [0.4, 0.5) is 4.39 Å². The van der Waals surface area contributed by atoms with Crippen LogP contribution in [-0.2, 0) is 13.1 Å². The van der Waals surface area contributed by atoms with E-state index in [2.05, 4.69) is 29.2 Å². The SMILES string of the molecule is Cc1cc(C(CN)N2Cc3ccccc3C2)ccc1F. The summed E-state index contributed by atoms with van der Waals surface area (Å²) in [6.45, 7) is 4.16. The van der Waals surface area contributed by atoms with E-state index in [9.17, 15) is 4.39 Å². The quantitative estimate of drug-likeness (QED) is 0.928. The Morgan fingerprint density at radius 2 is 1.80 bits per heavy atom.